The fraction of sp³-hybridized carbons (Fsp3) is 0.394. The topological polar surface area (TPSA) is 224 Å². The van der Waals surface area contributed by atoms with E-state index >= 15 is 0 Å². The van der Waals surface area contributed by atoms with Crippen LogP contribution in [-0.2, 0) is 41.6 Å². The predicted molar refractivity (Wildman–Crippen MR) is 176 cm³/mol. The lowest BCUT2D eigenvalue weighted by Crippen LogP contribution is -2.60. The first-order valence-electron chi connectivity index (χ1n) is 15.6. The van der Waals surface area contributed by atoms with E-state index in [0.29, 0.717) is 24.0 Å². The highest BCUT2D eigenvalue weighted by Gasteiger charge is 2.38. The van der Waals surface area contributed by atoms with Crippen LogP contribution in [0.3, 0.4) is 0 Å². The van der Waals surface area contributed by atoms with E-state index < -0.39 is 72.0 Å². The maximum Gasteiger partial charge on any atom is 0.303 e. The monoisotopic (exact) mass is 682 g/mol. The Morgan fingerprint density at radius 1 is 0.938 bits per heavy atom. The van der Waals surface area contributed by atoms with Gasteiger partial charge in [-0.15, -0.1) is 11.6 Å². The zero-order chi connectivity index (χ0) is 34.8. The number of rotatable bonds is 15. The van der Waals surface area contributed by atoms with Crippen LogP contribution in [0.4, 0.5) is 0 Å². The van der Waals surface area contributed by atoms with Gasteiger partial charge in [0.25, 0.3) is 0 Å². The Kier molecular flexibility index (Phi) is 12.4. The number of phenolic OH excluding ortho intramolecular Hbond substituents is 1. The number of aromatic hydroxyl groups is 1. The molecule has 1 aliphatic heterocycles. The minimum Gasteiger partial charge on any atom is -0.508 e. The van der Waals surface area contributed by atoms with E-state index in [0.717, 1.165) is 10.9 Å². The van der Waals surface area contributed by atoms with Gasteiger partial charge in [-0.3, -0.25) is 28.8 Å². The number of amides is 5. The highest BCUT2D eigenvalue weighted by atomic mass is 35.5. The average Bonchev–Trinajstić information content (AvgIpc) is 3.48. The summed E-state index contributed by atoms with van der Waals surface area (Å²) in [5.74, 6) is -4.97. The standard InChI is InChI=1S/C33H39ClN6O8/c34-17-28(42)37-24(12-13-29(43)44)33(48)40-14-4-3-7-27(40)32(47)39-26(16-20-18-36-23-6-2-1-5-22(20)23)31(46)38-25(30(35)45)15-19-8-10-21(41)11-9-19/h1-2,5-6,8-11,18,24-27,36,41H,3-4,7,12-17H2,(H2,35,45)(H,37,42)(H,38,46)(H,39,47)(H,43,44). The van der Waals surface area contributed by atoms with Crippen LogP contribution in [0, 0.1) is 0 Å². The molecule has 8 N–H and O–H groups in total. The summed E-state index contributed by atoms with van der Waals surface area (Å²) in [4.78, 5) is 81.6. The number of para-hydroxylation sites is 1. The largest absolute Gasteiger partial charge is 0.508 e. The van der Waals surface area contributed by atoms with Crippen LogP contribution >= 0.6 is 11.6 Å². The van der Waals surface area contributed by atoms with Gasteiger partial charge in [-0.1, -0.05) is 30.3 Å². The van der Waals surface area contributed by atoms with Gasteiger partial charge >= 0.3 is 5.97 Å². The Labute approximate surface area is 281 Å². The van der Waals surface area contributed by atoms with Crippen LogP contribution in [0.1, 0.15) is 43.2 Å². The number of carboxylic acids is 1. The summed E-state index contributed by atoms with van der Waals surface area (Å²) in [7, 11) is 0. The zero-order valence-electron chi connectivity index (χ0n) is 26.1. The fourth-order valence-electron chi connectivity index (χ4n) is 5.79. The quantitative estimate of drug-likeness (QED) is 0.115. The molecule has 48 heavy (non-hydrogen) atoms. The van der Waals surface area contributed by atoms with E-state index in [1.807, 2.05) is 24.3 Å². The number of carboxylic acid groups (broad SMARTS) is 1. The molecule has 4 rings (SSSR count). The summed E-state index contributed by atoms with van der Waals surface area (Å²) in [6.07, 6.45) is 2.62. The normalized spacial score (nSPS) is 16.4. The lowest BCUT2D eigenvalue weighted by molar-refractivity contribution is -0.146. The van der Waals surface area contributed by atoms with Gasteiger partial charge in [-0.25, -0.2) is 0 Å². The third-order valence-electron chi connectivity index (χ3n) is 8.26. The lowest BCUT2D eigenvalue weighted by atomic mass is 9.97. The Bertz CT molecular complexity index is 1640. The van der Waals surface area contributed by atoms with E-state index in [4.69, 9.17) is 17.3 Å². The first-order chi connectivity index (χ1) is 23.0. The average molecular weight is 683 g/mol. The number of piperidine rings is 1. The minimum absolute atomic E-state index is 0.0277. The van der Waals surface area contributed by atoms with Gasteiger partial charge in [0.15, 0.2) is 0 Å². The number of hydrogen-bond donors (Lipinski definition) is 7. The van der Waals surface area contributed by atoms with Crippen molar-refractivity contribution in [3.63, 3.8) is 0 Å². The Morgan fingerprint density at radius 2 is 1.67 bits per heavy atom. The van der Waals surface area contributed by atoms with Crippen molar-refractivity contribution in [1.29, 1.82) is 0 Å². The summed E-state index contributed by atoms with van der Waals surface area (Å²) in [5.41, 5.74) is 7.81. The summed E-state index contributed by atoms with van der Waals surface area (Å²) >= 11 is 5.62. The molecule has 5 amide bonds. The van der Waals surface area contributed by atoms with Crippen molar-refractivity contribution in [2.75, 3.05) is 12.4 Å². The summed E-state index contributed by atoms with van der Waals surface area (Å²) in [5, 5.41) is 27.5. The number of aromatic nitrogens is 1. The van der Waals surface area contributed by atoms with Gasteiger partial charge in [0.1, 0.15) is 35.8 Å². The number of nitrogens with one attached hydrogen (secondary N) is 4. The Morgan fingerprint density at radius 3 is 2.35 bits per heavy atom. The van der Waals surface area contributed by atoms with Gasteiger partial charge in [0.05, 0.1) is 0 Å². The lowest BCUT2D eigenvalue weighted by Gasteiger charge is -2.37. The molecular formula is C33H39ClN6O8. The first-order valence-corrected chi connectivity index (χ1v) is 16.1. The number of likely N-dealkylation sites (tertiary alicyclic amines) is 1. The molecule has 1 fully saturated rings. The van der Waals surface area contributed by atoms with Crippen molar-refractivity contribution in [2.45, 2.75) is 69.1 Å². The number of aromatic amines is 1. The molecule has 1 aliphatic rings. The molecule has 0 bridgehead atoms. The number of carbonyl (C=O) groups is 6. The van der Waals surface area contributed by atoms with E-state index in [1.54, 1.807) is 18.3 Å². The minimum atomic E-state index is -1.22. The molecule has 14 nitrogen and oxygen atoms in total. The molecule has 15 heteroatoms. The van der Waals surface area contributed by atoms with Crippen molar-refractivity contribution < 1.29 is 39.0 Å². The smallest absolute Gasteiger partial charge is 0.303 e. The number of phenols is 1. The summed E-state index contributed by atoms with van der Waals surface area (Å²) < 4.78 is 0. The molecule has 3 aromatic rings. The maximum atomic E-state index is 13.9. The number of nitrogens with two attached hydrogens (primary N) is 1. The number of hydrogen-bond acceptors (Lipinski definition) is 7. The highest BCUT2D eigenvalue weighted by Crippen LogP contribution is 2.22. The second-order valence-electron chi connectivity index (χ2n) is 11.7. The van der Waals surface area contributed by atoms with Crippen molar-refractivity contribution >= 4 is 58.0 Å². The molecule has 0 spiro atoms. The van der Waals surface area contributed by atoms with E-state index in [-0.39, 0.29) is 38.0 Å². The van der Waals surface area contributed by atoms with E-state index in [9.17, 15) is 39.0 Å². The van der Waals surface area contributed by atoms with E-state index in [1.165, 1.54) is 17.0 Å². The van der Waals surface area contributed by atoms with E-state index in [2.05, 4.69) is 20.9 Å². The molecule has 1 saturated heterocycles. The fourth-order valence-corrected chi connectivity index (χ4v) is 5.86. The van der Waals surface area contributed by atoms with Crippen LogP contribution in [0.5, 0.6) is 5.75 Å². The first kappa shape index (κ1) is 35.7. The number of halogens is 1. The molecular weight excluding hydrogens is 644 g/mol. The molecule has 256 valence electrons. The van der Waals surface area contributed by atoms with Crippen LogP contribution in [0.2, 0.25) is 0 Å². The number of fused-ring (bicyclic) bond motifs is 1. The van der Waals surface area contributed by atoms with Gasteiger partial charge in [0, 0.05) is 42.9 Å². The number of carbonyl (C=O) groups excluding carboxylic acids is 5. The number of benzene rings is 2. The number of H-pyrrole nitrogens is 1. The second-order valence-corrected chi connectivity index (χ2v) is 12.0. The molecule has 4 unspecified atom stereocenters. The molecule has 1 aromatic heterocycles. The number of aliphatic carboxylic acids is 1. The van der Waals surface area contributed by atoms with Crippen LogP contribution in [-0.4, -0.2) is 92.2 Å². The SMILES string of the molecule is NC(=O)C(Cc1ccc(O)cc1)NC(=O)C(Cc1c[nH]c2ccccc12)NC(=O)C1CCCCN1C(=O)C(CCC(=O)O)NC(=O)CCl. The predicted octanol–water partition coefficient (Wildman–Crippen LogP) is 1.08. The maximum absolute atomic E-state index is 13.9. The van der Waals surface area contributed by atoms with Gasteiger partial charge in [-0.05, 0) is 55.0 Å². The third kappa shape index (κ3) is 9.47. The second kappa shape index (κ2) is 16.6. The number of nitrogens with zero attached hydrogens (tertiary/aromatic N) is 1. The molecule has 2 heterocycles. The van der Waals surface area contributed by atoms with Gasteiger partial charge < -0.3 is 41.8 Å². The molecule has 0 saturated carbocycles. The van der Waals surface area contributed by atoms with Crippen molar-refractivity contribution in [3.8, 4) is 5.75 Å². The summed E-state index contributed by atoms with van der Waals surface area (Å²) in [6, 6.07) is 8.91. The molecule has 2 aromatic carbocycles. The molecule has 4 atom stereocenters. The molecule has 0 radical (unpaired) electrons. The highest BCUT2D eigenvalue weighted by molar-refractivity contribution is 6.27. The van der Waals surface area contributed by atoms with Crippen molar-refractivity contribution in [1.82, 2.24) is 25.8 Å². The number of alkyl halides is 1. The van der Waals surface area contributed by atoms with Crippen LogP contribution in [0.25, 0.3) is 10.9 Å². The molecule has 0 aliphatic carbocycles. The zero-order valence-corrected chi connectivity index (χ0v) is 26.9. The Balaban J connectivity index is 1.58. The van der Waals surface area contributed by atoms with Gasteiger partial charge in [-0.2, -0.15) is 0 Å². The Hall–Kier alpha value is -5.11. The third-order valence-corrected chi connectivity index (χ3v) is 8.50. The van der Waals surface area contributed by atoms with Crippen molar-refractivity contribution in [3.05, 3.63) is 65.9 Å². The van der Waals surface area contributed by atoms with Crippen molar-refractivity contribution in [2.24, 2.45) is 5.73 Å². The summed E-state index contributed by atoms with van der Waals surface area (Å²) in [6.45, 7) is 0.174. The van der Waals surface area contributed by atoms with Crippen LogP contribution < -0.4 is 21.7 Å². The van der Waals surface area contributed by atoms with Gasteiger partial charge in [0.2, 0.25) is 29.5 Å². The van der Waals surface area contributed by atoms with Crippen LogP contribution in [0.15, 0.2) is 54.7 Å². The number of primary amides is 1.